The van der Waals surface area contributed by atoms with Gasteiger partial charge in [-0.2, -0.15) is 10.5 Å². The van der Waals surface area contributed by atoms with E-state index >= 15 is 0 Å². The summed E-state index contributed by atoms with van der Waals surface area (Å²) in [6, 6.07) is 26.1. The molecule has 0 amide bonds. The first-order valence-corrected chi connectivity index (χ1v) is 13.8. The van der Waals surface area contributed by atoms with Gasteiger partial charge in [-0.05, 0) is 61.7 Å². The molecule has 1 aliphatic rings. The van der Waals surface area contributed by atoms with Crippen molar-refractivity contribution in [2.75, 3.05) is 39.3 Å². The van der Waals surface area contributed by atoms with Crippen molar-refractivity contribution in [3.05, 3.63) is 71.8 Å². The molecule has 0 aromatic heterocycles. The van der Waals surface area contributed by atoms with Crippen LogP contribution < -0.4 is 0 Å². The first-order valence-electron chi connectivity index (χ1n) is 13.8. The highest BCUT2D eigenvalue weighted by atomic mass is 15.3. The van der Waals surface area contributed by atoms with Crippen LogP contribution in [0, 0.1) is 34.5 Å². The van der Waals surface area contributed by atoms with E-state index in [0.717, 1.165) is 76.1 Å². The van der Waals surface area contributed by atoms with Gasteiger partial charge in [0, 0.05) is 26.2 Å². The predicted octanol–water partition coefficient (Wildman–Crippen LogP) is 6.40. The molecule has 4 heteroatoms. The molecule has 2 unspecified atom stereocenters. The smallest absolute Gasteiger partial charge is 0.0845 e. The molecule has 1 heterocycles. The van der Waals surface area contributed by atoms with Gasteiger partial charge in [-0.25, -0.2) is 0 Å². The Labute approximate surface area is 219 Å². The molecule has 4 nitrogen and oxygen atoms in total. The van der Waals surface area contributed by atoms with Gasteiger partial charge in [0.2, 0.25) is 0 Å². The molecule has 0 radical (unpaired) electrons. The summed E-state index contributed by atoms with van der Waals surface area (Å²) in [6.45, 7) is 15.1. The number of rotatable bonds is 12. The third kappa shape index (κ3) is 6.36. The zero-order valence-corrected chi connectivity index (χ0v) is 22.8. The summed E-state index contributed by atoms with van der Waals surface area (Å²) in [5.41, 5.74) is 1.48. The monoisotopic (exact) mass is 484 g/mol. The SMILES string of the molecule is CC(C)C(C#N)(CCCN1CCN(CCCC(C#N)(c2ccccc2)C(C)C)CC1)c1ccccc1. The lowest BCUT2D eigenvalue weighted by molar-refractivity contribution is 0.125. The molecule has 3 rings (SSSR count). The topological polar surface area (TPSA) is 54.1 Å². The zero-order valence-electron chi connectivity index (χ0n) is 22.8. The largest absolute Gasteiger partial charge is 0.301 e. The molecule has 2 aromatic rings. The van der Waals surface area contributed by atoms with Crippen LogP contribution in [0.3, 0.4) is 0 Å². The fraction of sp³-hybridized carbons (Fsp3) is 0.562. The van der Waals surface area contributed by atoms with Crippen LogP contribution in [0.2, 0.25) is 0 Å². The molecule has 1 saturated heterocycles. The maximum absolute atomic E-state index is 10.1. The summed E-state index contributed by atoms with van der Waals surface area (Å²) in [5.74, 6) is 0.563. The Kier molecular flexibility index (Phi) is 10.1. The van der Waals surface area contributed by atoms with E-state index in [1.165, 1.54) is 0 Å². The van der Waals surface area contributed by atoms with Gasteiger partial charge in [-0.15, -0.1) is 0 Å². The van der Waals surface area contributed by atoms with Crippen molar-refractivity contribution in [2.45, 2.75) is 64.2 Å². The molecular weight excluding hydrogens is 440 g/mol. The minimum atomic E-state index is -0.411. The van der Waals surface area contributed by atoms with Crippen molar-refractivity contribution < 1.29 is 0 Å². The van der Waals surface area contributed by atoms with E-state index in [-0.39, 0.29) is 11.8 Å². The number of benzene rings is 2. The van der Waals surface area contributed by atoms with E-state index in [2.05, 4.69) is 73.9 Å². The van der Waals surface area contributed by atoms with Crippen molar-refractivity contribution in [1.82, 2.24) is 9.80 Å². The highest BCUT2D eigenvalue weighted by molar-refractivity contribution is 5.34. The highest BCUT2D eigenvalue weighted by Gasteiger charge is 2.36. The van der Waals surface area contributed by atoms with E-state index in [4.69, 9.17) is 0 Å². The maximum atomic E-state index is 10.1. The van der Waals surface area contributed by atoms with Crippen LogP contribution in [-0.2, 0) is 10.8 Å². The minimum Gasteiger partial charge on any atom is -0.301 e. The van der Waals surface area contributed by atoms with Crippen LogP contribution in [0.25, 0.3) is 0 Å². The zero-order chi connectivity index (χ0) is 26.0. The van der Waals surface area contributed by atoms with Crippen molar-refractivity contribution >= 4 is 0 Å². The molecule has 0 aliphatic carbocycles. The maximum Gasteiger partial charge on any atom is 0.0845 e. The summed E-state index contributed by atoms with van der Waals surface area (Å²) in [5, 5.41) is 20.3. The predicted molar refractivity (Wildman–Crippen MR) is 148 cm³/mol. The van der Waals surface area contributed by atoms with Gasteiger partial charge in [0.05, 0.1) is 23.0 Å². The highest BCUT2D eigenvalue weighted by Crippen LogP contribution is 2.37. The van der Waals surface area contributed by atoms with Crippen molar-refractivity contribution in [3.8, 4) is 12.1 Å². The lowest BCUT2D eigenvalue weighted by Crippen LogP contribution is -2.47. The Morgan fingerprint density at radius 3 is 1.25 bits per heavy atom. The standard InChI is InChI=1S/C32H44N4/c1-27(2)31(25-33,29-13-7-5-8-14-29)17-11-19-35-21-23-36(24-22-35)20-12-18-32(26-34,28(3)4)30-15-9-6-10-16-30/h5-10,13-16,27-28H,11-12,17-24H2,1-4H3. The molecule has 2 atom stereocenters. The Morgan fingerprint density at radius 2 is 0.972 bits per heavy atom. The van der Waals surface area contributed by atoms with Crippen molar-refractivity contribution in [1.29, 1.82) is 10.5 Å². The van der Waals surface area contributed by atoms with Crippen LogP contribution in [0.15, 0.2) is 60.7 Å². The molecule has 36 heavy (non-hydrogen) atoms. The van der Waals surface area contributed by atoms with Gasteiger partial charge >= 0.3 is 0 Å². The van der Waals surface area contributed by atoms with E-state index < -0.39 is 10.8 Å². The number of hydrogen-bond donors (Lipinski definition) is 0. The number of piperazine rings is 1. The van der Waals surface area contributed by atoms with Crippen LogP contribution >= 0.6 is 0 Å². The van der Waals surface area contributed by atoms with Crippen LogP contribution in [0.4, 0.5) is 0 Å². The summed E-state index contributed by atoms with van der Waals surface area (Å²) >= 11 is 0. The van der Waals surface area contributed by atoms with E-state index in [1.807, 2.05) is 36.4 Å². The fourth-order valence-electron chi connectivity index (χ4n) is 5.90. The van der Waals surface area contributed by atoms with Gasteiger partial charge in [0.1, 0.15) is 0 Å². The van der Waals surface area contributed by atoms with E-state index in [0.29, 0.717) is 0 Å². The van der Waals surface area contributed by atoms with Crippen LogP contribution in [0.1, 0.15) is 64.5 Å². The second-order valence-corrected chi connectivity index (χ2v) is 11.1. The van der Waals surface area contributed by atoms with Gasteiger partial charge in [0.25, 0.3) is 0 Å². The van der Waals surface area contributed by atoms with E-state index in [9.17, 15) is 10.5 Å². The van der Waals surface area contributed by atoms with Crippen molar-refractivity contribution in [3.63, 3.8) is 0 Å². The van der Waals surface area contributed by atoms with Gasteiger partial charge < -0.3 is 9.80 Å². The average Bonchev–Trinajstić information content (AvgIpc) is 2.91. The normalized spacial score (nSPS) is 18.3. The Morgan fingerprint density at radius 1 is 0.639 bits per heavy atom. The number of nitriles is 2. The fourth-order valence-corrected chi connectivity index (χ4v) is 5.90. The summed E-state index contributed by atoms with van der Waals surface area (Å²) in [4.78, 5) is 5.11. The molecule has 0 saturated carbocycles. The quantitative estimate of drug-likeness (QED) is 0.350. The molecule has 2 aromatic carbocycles. The number of hydrogen-bond acceptors (Lipinski definition) is 4. The Hall–Kier alpha value is -2.66. The molecule has 0 bridgehead atoms. The lowest BCUT2D eigenvalue weighted by Gasteiger charge is -2.37. The minimum absolute atomic E-state index is 0.281. The average molecular weight is 485 g/mol. The third-order valence-electron chi connectivity index (χ3n) is 8.50. The Bertz CT molecular complexity index is 912. The van der Waals surface area contributed by atoms with Gasteiger partial charge in [-0.1, -0.05) is 88.4 Å². The Balaban J connectivity index is 1.46. The summed E-state index contributed by atoms with van der Waals surface area (Å²) in [6.07, 6.45) is 3.88. The molecule has 1 aliphatic heterocycles. The molecule has 1 fully saturated rings. The van der Waals surface area contributed by atoms with Crippen molar-refractivity contribution in [2.24, 2.45) is 11.8 Å². The van der Waals surface area contributed by atoms with Crippen LogP contribution in [-0.4, -0.2) is 49.1 Å². The molecule has 192 valence electrons. The number of nitrogens with zero attached hydrogens (tertiary/aromatic N) is 4. The lowest BCUT2D eigenvalue weighted by atomic mass is 9.70. The van der Waals surface area contributed by atoms with Gasteiger partial charge in [-0.3, -0.25) is 0 Å². The summed E-state index contributed by atoms with van der Waals surface area (Å²) < 4.78 is 0. The molecular formula is C32H44N4. The second kappa shape index (κ2) is 13.0. The third-order valence-corrected chi connectivity index (χ3v) is 8.50. The molecule has 0 N–H and O–H groups in total. The molecule has 0 spiro atoms. The second-order valence-electron chi connectivity index (χ2n) is 11.1. The summed E-state index contributed by atoms with van der Waals surface area (Å²) in [7, 11) is 0. The van der Waals surface area contributed by atoms with Gasteiger partial charge in [0.15, 0.2) is 0 Å². The first kappa shape index (κ1) is 27.9. The van der Waals surface area contributed by atoms with E-state index in [1.54, 1.807) is 0 Å². The van der Waals surface area contributed by atoms with Crippen LogP contribution in [0.5, 0.6) is 0 Å². The first-order chi connectivity index (χ1) is 17.4.